The highest BCUT2D eigenvalue weighted by Crippen LogP contribution is 2.14. The second-order valence-corrected chi connectivity index (χ2v) is 4.40. The Kier molecular flexibility index (Phi) is 5.06. The zero-order valence-corrected chi connectivity index (χ0v) is 11.2. The average molecular weight is 281 g/mol. The topological polar surface area (TPSA) is 39.1 Å². The van der Waals surface area contributed by atoms with Gasteiger partial charge in [-0.2, -0.15) is 13.9 Å². The first-order valence-electron chi connectivity index (χ1n) is 6.36. The van der Waals surface area contributed by atoms with Gasteiger partial charge in [-0.15, -0.1) is 0 Å². The summed E-state index contributed by atoms with van der Waals surface area (Å²) in [5, 5.41) is 7.40. The van der Waals surface area contributed by atoms with E-state index >= 15 is 0 Å². The smallest absolute Gasteiger partial charge is 0.387 e. The molecule has 0 saturated carbocycles. The molecule has 0 atom stereocenters. The SMILES string of the molecule is Cn1nccc1CCNCc1ccc(OC(F)F)cc1. The third kappa shape index (κ3) is 4.31. The summed E-state index contributed by atoms with van der Waals surface area (Å²) in [7, 11) is 1.91. The van der Waals surface area contributed by atoms with E-state index in [9.17, 15) is 8.78 Å². The van der Waals surface area contributed by atoms with Crippen LogP contribution >= 0.6 is 0 Å². The fraction of sp³-hybridized carbons (Fsp3) is 0.357. The quantitative estimate of drug-likeness (QED) is 0.792. The van der Waals surface area contributed by atoms with E-state index < -0.39 is 6.61 Å². The lowest BCUT2D eigenvalue weighted by atomic mass is 10.2. The van der Waals surface area contributed by atoms with E-state index in [0.29, 0.717) is 6.54 Å². The minimum absolute atomic E-state index is 0.179. The lowest BCUT2D eigenvalue weighted by Crippen LogP contribution is -2.17. The standard InChI is InChI=1S/C14H17F2N3O/c1-19-12(7-9-18-19)6-8-17-10-11-2-4-13(5-3-11)20-14(15)16/h2-5,7,9,14,17H,6,8,10H2,1H3. The van der Waals surface area contributed by atoms with Gasteiger partial charge >= 0.3 is 6.61 Å². The van der Waals surface area contributed by atoms with Crippen molar-refractivity contribution in [1.29, 1.82) is 0 Å². The molecule has 0 bridgehead atoms. The molecule has 2 aromatic rings. The van der Waals surface area contributed by atoms with E-state index in [-0.39, 0.29) is 5.75 Å². The van der Waals surface area contributed by atoms with E-state index in [4.69, 9.17) is 0 Å². The Morgan fingerprint density at radius 1 is 1.25 bits per heavy atom. The number of rotatable bonds is 7. The van der Waals surface area contributed by atoms with Gasteiger partial charge in [0.1, 0.15) is 5.75 Å². The summed E-state index contributed by atoms with van der Waals surface area (Å²) >= 11 is 0. The third-order valence-electron chi connectivity index (χ3n) is 2.96. The second-order valence-electron chi connectivity index (χ2n) is 4.40. The van der Waals surface area contributed by atoms with Gasteiger partial charge in [-0.05, 0) is 23.8 Å². The van der Waals surface area contributed by atoms with Gasteiger partial charge in [-0.25, -0.2) is 0 Å². The number of hydrogen-bond acceptors (Lipinski definition) is 3. The molecule has 1 heterocycles. The number of halogens is 2. The number of ether oxygens (including phenoxy) is 1. The number of nitrogens with zero attached hydrogens (tertiary/aromatic N) is 2. The fourth-order valence-corrected chi connectivity index (χ4v) is 1.88. The molecule has 0 unspecified atom stereocenters. The summed E-state index contributed by atoms with van der Waals surface area (Å²) in [5.41, 5.74) is 2.19. The molecule has 0 aliphatic rings. The Labute approximate surface area is 116 Å². The predicted molar refractivity (Wildman–Crippen MR) is 71.7 cm³/mol. The summed E-state index contributed by atoms with van der Waals surface area (Å²) in [5.74, 6) is 0.179. The number of nitrogens with one attached hydrogen (secondary N) is 1. The molecule has 0 spiro atoms. The maximum atomic E-state index is 12.0. The molecule has 4 nitrogen and oxygen atoms in total. The molecule has 1 aromatic carbocycles. The van der Waals surface area contributed by atoms with Crippen LogP contribution in [0.5, 0.6) is 5.75 Å². The molecule has 1 N–H and O–H groups in total. The Morgan fingerprint density at radius 3 is 2.60 bits per heavy atom. The zero-order valence-electron chi connectivity index (χ0n) is 11.2. The van der Waals surface area contributed by atoms with Gasteiger partial charge in [0.25, 0.3) is 0 Å². The molecule has 0 amide bonds. The summed E-state index contributed by atoms with van der Waals surface area (Å²) in [6.07, 6.45) is 2.67. The molecule has 0 aliphatic heterocycles. The van der Waals surface area contributed by atoms with E-state index in [2.05, 4.69) is 15.2 Å². The molecule has 108 valence electrons. The van der Waals surface area contributed by atoms with Crippen LogP contribution in [-0.2, 0) is 20.0 Å². The van der Waals surface area contributed by atoms with Gasteiger partial charge < -0.3 is 10.1 Å². The highest BCUT2D eigenvalue weighted by atomic mass is 19.3. The lowest BCUT2D eigenvalue weighted by molar-refractivity contribution is -0.0498. The van der Waals surface area contributed by atoms with Crippen LogP contribution in [0.1, 0.15) is 11.3 Å². The van der Waals surface area contributed by atoms with Gasteiger partial charge in [0, 0.05) is 38.4 Å². The van der Waals surface area contributed by atoms with E-state index in [1.807, 2.05) is 17.8 Å². The first-order valence-corrected chi connectivity index (χ1v) is 6.36. The molecule has 1 aromatic heterocycles. The van der Waals surface area contributed by atoms with Crippen molar-refractivity contribution >= 4 is 0 Å². The highest BCUT2D eigenvalue weighted by Gasteiger charge is 2.03. The molecular formula is C14H17F2N3O. The minimum Gasteiger partial charge on any atom is -0.435 e. The Hall–Kier alpha value is -1.95. The lowest BCUT2D eigenvalue weighted by Gasteiger charge is -2.07. The van der Waals surface area contributed by atoms with Crippen molar-refractivity contribution in [3.05, 3.63) is 47.8 Å². The Balaban J connectivity index is 1.73. The zero-order chi connectivity index (χ0) is 14.4. The number of hydrogen-bond donors (Lipinski definition) is 1. The van der Waals surface area contributed by atoms with Crippen LogP contribution in [0.3, 0.4) is 0 Å². The van der Waals surface area contributed by atoms with Gasteiger partial charge in [-0.1, -0.05) is 12.1 Å². The molecule has 6 heteroatoms. The third-order valence-corrected chi connectivity index (χ3v) is 2.96. The van der Waals surface area contributed by atoms with Gasteiger partial charge in [0.2, 0.25) is 0 Å². The molecule has 0 saturated heterocycles. The molecule has 0 aliphatic carbocycles. The Morgan fingerprint density at radius 2 is 2.00 bits per heavy atom. The van der Waals surface area contributed by atoms with Crippen molar-refractivity contribution in [1.82, 2.24) is 15.1 Å². The van der Waals surface area contributed by atoms with Crippen LogP contribution in [0.15, 0.2) is 36.5 Å². The first kappa shape index (κ1) is 14.5. The maximum Gasteiger partial charge on any atom is 0.387 e. The largest absolute Gasteiger partial charge is 0.435 e. The monoisotopic (exact) mass is 281 g/mol. The maximum absolute atomic E-state index is 12.0. The van der Waals surface area contributed by atoms with E-state index in [1.165, 1.54) is 0 Å². The summed E-state index contributed by atoms with van der Waals surface area (Å²) < 4.78 is 30.1. The molecule has 0 fully saturated rings. The van der Waals surface area contributed by atoms with Crippen molar-refractivity contribution in [2.45, 2.75) is 19.6 Å². The second kappa shape index (κ2) is 7.00. The minimum atomic E-state index is -2.78. The van der Waals surface area contributed by atoms with Gasteiger partial charge in [0.15, 0.2) is 0 Å². The van der Waals surface area contributed by atoms with Crippen molar-refractivity contribution in [3.8, 4) is 5.75 Å². The van der Waals surface area contributed by atoms with Crippen LogP contribution in [0.2, 0.25) is 0 Å². The first-order chi connectivity index (χ1) is 9.65. The van der Waals surface area contributed by atoms with E-state index in [0.717, 1.165) is 24.2 Å². The van der Waals surface area contributed by atoms with Crippen LogP contribution in [-0.4, -0.2) is 22.9 Å². The van der Waals surface area contributed by atoms with Crippen LogP contribution in [0.4, 0.5) is 8.78 Å². The van der Waals surface area contributed by atoms with Gasteiger partial charge in [-0.3, -0.25) is 4.68 Å². The van der Waals surface area contributed by atoms with Crippen molar-refractivity contribution in [2.75, 3.05) is 6.54 Å². The number of aryl methyl sites for hydroxylation is 1. The molecule has 0 radical (unpaired) electrons. The predicted octanol–water partition coefficient (Wildman–Crippen LogP) is 2.35. The summed E-state index contributed by atoms with van der Waals surface area (Å²) in [4.78, 5) is 0. The van der Waals surface area contributed by atoms with Crippen molar-refractivity contribution < 1.29 is 13.5 Å². The van der Waals surface area contributed by atoms with Crippen molar-refractivity contribution in [3.63, 3.8) is 0 Å². The van der Waals surface area contributed by atoms with Crippen LogP contribution < -0.4 is 10.1 Å². The van der Waals surface area contributed by atoms with Gasteiger partial charge in [0.05, 0.1) is 0 Å². The summed E-state index contributed by atoms with van der Waals surface area (Å²) in [6.45, 7) is -1.26. The fourth-order valence-electron chi connectivity index (χ4n) is 1.88. The number of alkyl halides is 2. The Bertz CT molecular complexity index is 525. The van der Waals surface area contributed by atoms with Crippen molar-refractivity contribution in [2.24, 2.45) is 7.05 Å². The number of benzene rings is 1. The number of aromatic nitrogens is 2. The van der Waals surface area contributed by atoms with Crippen LogP contribution in [0, 0.1) is 0 Å². The highest BCUT2D eigenvalue weighted by molar-refractivity contribution is 5.27. The van der Waals surface area contributed by atoms with Crippen LogP contribution in [0.25, 0.3) is 0 Å². The normalized spacial score (nSPS) is 11.0. The van der Waals surface area contributed by atoms with E-state index in [1.54, 1.807) is 30.5 Å². The summed E-state index contributed by atoms with van der Waals surface area (Å²) in [6, 6.07) is 8.62. The molecule has 20 heavy (non-hydrogen) atoms. The molecular weight excluding hydrogens is 264 g/mol. The molecule has 2 rings (SSSR count). The average Bonchev–Trinajstić information content (AvgIpc) is 2.82.